The van der Waals surface area contributed by atoms with Gasteiger partial charge in [0.05, 0.1) is 6.54 Å². The van der Waals surface area contributed by atoms with Crippen LogP contribution in [0.5, 0.6) is 0 Å². The highest BCUT2D eigenvalue weighted by molar-refractivity contribution is 5.85. The number of amides is 1. The van der Waals surface area contributed by atoms with Crippen LogP contribution < -0.4 is 5.32 Å². The first-order chi connectivity index (χ1) is 9.76. The molecule has 1 fully saturated rings. The minimum atomic E-state index is 0. The molecular formula is C16H24ClN3O. The van der Waals surface area contributed by atoms with Crippen LogP contribution in [-0.4, -0.2) is 55.0 Å². The Hall–Kier alpha value is -1.10. The highest BCUT2D eigenvalue weighted by Gasteiger charge is 2.26. The molecule has 1 unspecified atom stereocenters. The number of likely N-dealkylation sites (tertiary alicyclic amines) is 1. The van der Waals surface area contributed by atoms with Crippen molar-refractivity contribution in [2.45, 2.75) is 25.4 Å². The van der Waals surface area contributed by atoms with Gasteiger partial charge in [-0.15, -0.1) is 12.4 Å². The van der Waals surface area contributed by atoms with Gasteiger partial charge in [-0.05, 0) is 31.0 Å². The summed E-state index contributed by atoms with van der Waals surface area (Å²) in [6.07, 6.45) is 2.13. The molecule has 1 aromatic rings. The average Bonchev–Trinajstić information content (AvgIpc) is 2.94. The molecule has 1 atom stereocenters. The molecule has 0 aromatic heterocycles. The smallest absolute Gasteiger partial charge is 0.237 e. The number of halogens is 1. The van der Waals surface area contributed by atoms with E-state index in [2.05, 4.69) is 34.5 Å². The summed E-state index contributed by atoms with van der Waals surface area (Å²) in [4.78, 5) is 16.7. The molecule has 1 amide bonds. The van der Waals surface area contributed by atoms with Crippen LogP contribution in [0.2, 0.25) is 0 Å². The Labute approximate surface area is 132 Å². The lowest BCUT2D eigenvalue weighted by molar-refractivity contribution is -0.133. The van der Waals surface area contributed by atoms with Crippen molar-refractivity contribution in [2.75, 3.05) is 33.2 Å². The molecule has 1 N–H and O–H groups in total. The van der Waals surface area contributed by atoms with Crippen molar-refractivity contribution in [3.8, 4) is 0 Å². The zero-order chi connectivity index (χ0) is 13.9. The van der Waals surface area contributed by atoms with E-state index in [-0.39, 0.29) is 18.3 Å². The number of hydrogen-bond donors (Lipinski definition) is 1. The number of nitrogens with one attached hydrogen (secondary N) is 1. The van der Waals surface area contributed by atoms with Crippen molar-refractivity contribution in [3.63, 3.8) is 0 Å². The molecule has 0 aliphatic carbocycles. The maximum Gasteiger partial charge on any atom is 0.237 e. The van der Waals surface area contributed by atoms with Gasteiger partial charge in [-0.1, -0.05) is 24.3 Å². The Morgan fingerprint density at radius 3 is 2.76 bits per heavy atom. The maximum absolute atomic E-state index is 12.4. The molecule has 116 valence electrons. The van der Waals surface area contributed by atoms with Crippen LogP contribution in [0.25, 0.3) is 0 Å². The topological polar surface area (TPSA) is 35.6 Å². The first-order valence-corrected chi connectivity index (χ1v) is 7.50. The largest absolute Gasteiger partial charge is 0.337 e. The zero-order valence-corrected chi connectivity index (χ0v) is 13.4. The van der Waals surface area contributed by atoms with Crippen LogP contribution in [0, 0.1) is 0 Å². The molecule has 5 heteroatoms. The van der Waals surface area contributed by atoms with Crippen molar-refractivity contribution >= 4 is 18.3 Å². The number of carbonyl (C=O) groups excluding carboxylic acids is 1. The minimum absolute atomic E-state index is 0. The quantitative estimate of drug-likeness (QED) is 0.914. The van der Waals surface area contributed by atoms with Crippen molar-refractivity contribution < 1.29 is 4.79 Å². The van der Waals surface area contributed by atoms with E-state index in [1.165, 1.54) is 11.1 Å². The summed E-state index contributed by atoms with van der Waals surface area (Å²) in [5.41, 5.74) is 2.70. The van der Waals surface area contributed by atoms with Crippen molar-refractivity contribution in [1.82, 2.24) is 15.1 Å². The second kappa shape index (κ2) is 7.25. The van der Waals surface area contributed by atoms with Gasteiger partial charge in [-0.3, -0.25) is 9.69 Å². The first kappa shape index (κ1) is 16.3. The molecule has 4 nitrogen and oxygen atoms in total. The summed E-state index contributed by atoms with van der Waals surface area (Å²) >= 11 is 0. The number of hydrogen-bond acceptors (Lipinski definition) is 3. The molecule has 0 radical (unpaired) electrons. The summed E-state index contributed by atoms with van der Waals surface area (Å²) in [5, 5.41) is 3.29. The van der Waals surface area contributed by atoms with E-state index in [1.54, 1.807) is 0 Å². The Bertz CT molecular complexity index is 494. The number of likely N-dealkylation sites (N-methyl/N-ethyl adjacent to an activating group) is 1. The third-order valence-corrected chi connectivity index (χ3v) is 4.52. The number of carbonyl (C=O) groups is 1. The predicted octanol–water partition coefficient (Wildman–Crippen LogP) is 1.29. The average molecular weight is 310 g/mol. The van der Waals surface area contributed by atoms with E-state index in [9.17, 15) is 4.79 Å². The van der Waals surface area contributed by atoms with Gasteiger partial charge in [0.25, 0.3) is 0 Å². The lowest BCUT2D eigenvalue weighted by Crippen LogP contribution is -2.42. The van der Waals surface area contributed by atoms with E-state index < -0.39 is 0 Å². The normalized spacial score (nSPS) is 21.8. The van der Waals surface area contributed by atoms with E-state index in [1.807, 2.05) is 11.9 Å². The monoisotopic (exact) mass is 309 g/mol. The SMILES string of the molecule is CNC1CCN(CC(=O)N2CCc3ccccc3C2)C1.Cl. The van der Waals surface area contributed by atoms with Crippen LogP contribution in [0.4, 0.5) is 0 Å². The predicted molar refractivity (Wildman–Crippen MR) is 86.7 cm³/mol. The number of benzene rings is 1. The molecule has 2 aliphatic rings. The lowest BCUT2D eigenvalue weighted by atomic mass is 10.00. The summed E-state index contributed by atoms with van der Waals surface area (Å²) in [5.74, 6) is 0.274. The lowest BCUT2D eigenvalue weighted by Gasteiger charge is -2.30. The second-order valence-corrected chi connectivity index (χ2v) is 5.84. The molecule has 2 aliphatic heterocycles. The van der Waals surface area contributed by atoms with Gasteiger partial charge in [0.1, 0.15) is 0 Å². The van der Waals surface area contributed by atoms with E-state index in [0.717, 1.165) is 39.0 Å². The van der Waals surface area contributed by atoms with Gasteiger partial charge < -0.3 is 10.2 Å². The molecule has 0 saturated carbocycles. The molecule has 0 bridgehead atoms. The number of rotatable bonds is 3. The van der Waals surface area contributed by atoms with Crippen LogP contribution in [-0.2, 0) is 17.8 Å². The Kier molecular flexibility index (Phi) is 5.62. The molecule has 1 saturated heterocycles. The third kappa shape index (κ3) is 3.76. The summed E-state index contributed by atoms with van der Waals surface area (Å²) in [6.45, 7) is 4.23. The second-order valence-electron chi connectivity index (χ2n) is 5.84. The summed E-state index contributed by atoms with van der Waals surface area (Å²) in [7, 11) is 2.00. The van der Waals surface area contributed by atoms with Crippen LogP contribution >= 0.6 is 12.4 Å². The number of fused-ring (bicyclic) bond motifs is 1. The molecule has 0 spiro atoms. The zero-order valence-electron chi connectivity index (χ0n) is 12.5. The Morgan fingerprint density at radius 1 is 1.29 bits per heavy atom. The maximum atomic E-state index is 12.4. The van der Waals surface area contributed by atoms with E-state index in [0.29, 0.717) is 12.6 Å². The third-order valence-electron chi connectivity index (χ3n) is 4.52. The fourth-order valence-electron chi connectivity index (χ4n) is 3.21. The first-order valence-electron chi connectivity index (χ1n) is 7.50. The highest BCUT2D eigenvalue weighted by Crippen LogP contribution is 2.19. The van der Waals surface area contributed by atoms with Crippen molar-refractivity contribution in [2.24, 2.45) is 0 Å². The number of nitrogens with zero attached hydrogens (tertiary/aromatic N) is 2. The molecule has 2 heterocycles. The fraction of sp³-hybridized carbons (Fsp3) is 0.562. The van der Waals surface area contributed by atoms with Gasteiger partial charge in [-0.25, -0.2) is 0 Å². The molecule has 3 rings (SSSR count). The highest BCUT2D eigenvalue weighted by atomic mass is 35.5. The van der Waals surface area contributed by atoms with Gasteiger partial charge >= 0.3 is 0 Å². The molecular weight excluding hydrogens is 286 g/mol. The van der Waals surface area contributed by atoms with Crippen LogP contribution in [0.1, 0.15) is 17.5 Å². The van der Waals surface area contributed by atoms with Gasteiger partial charge in [-0.2, -0.15) is 0 Å². The Morgan fingerprint density at radius 2 is 2.05 bits per heavy atom. The minimum Gasteiger partial charge on any atom is -0.337 e. The van der Waals surface area contributed by atoms with Crippen molar-refractivity contribution in [1.29, 1.82) is 0 Å². The summed E-state index contributed by atoms with van der Waals surface area (Å²) in [6, 6.07) is 9.00. The van der Waals surface area contributed by atoms with Crippen LogP contribution in [0.15, 0.2) is 24.3 Å². The summed E-state index contributed by atoms with van der Waals surface area (Å²) < 4.78 is 0. The van der Waals surface area contributed by atoms with Crippen LogP contribution in [0.3, 0.4) is 0 Å². The Balaban J connectivity index is 0.00000161. The van der Waals surface area contributed by atoms with Gasteiger partial charge in [0.15, 0.2) is 0 Å². The molecule has 21 heavy (non-hydrogen) atoms. The fourth-order valence-corrected chi connectivity index (χ4v) is 3.21. The molecule has 1 aromatic carbocycles. The van der Waals surface area contributed by atoms with Crippen molar-refractivity contribution in [3.05, 3.63) is 35.4 Å². The standard InChI is InChI=1S/C16H23N3O.ClH/c1-17-15-7-8-18(11-15)12-16(20)19-9-6-13-4-2-3-5-14(13)10-19;/h2-5,15,17H,6-12H2,1H3;1H. The van der Waals surface area contributed by atoms with E-state index >= 15 is 0 Å². The van der Waals surface area contributed by atoms with Gasteiger partial charge in [0, 0.05) is 32.2 Å². The van der Waals surface area contributed by atoms with Gasteiger partial charge in [0.2, 0.25) is 5.91 Å². The van der Waals surface area contributed by atoms with E-state index in [4.69, 9.17) is 0 Å².